The van der Waals surface area contributed by atoms with Crippen LogP contribution in [-0.4, -0.2) is 37.6 Å². The van der Waals surface area contributed by atoms with Crippen LogP contribution < -0.4 is 10.6 Å². The third-order valence-electron chi connectivity index (χ3n) is 3.40. The minimum Gasteiger partial charge on any atom is -0.469 e. The molecule has 1 aromatic carbocycles. The molecule has 0 bridgehead atoms. The van der Waals surface area contributed by atoms with E-state index < -0.39 is 0 Å². The molecule has 0 radical (unpaired) electrons. The summed E-state index contributed by atoms with van der Waals surface area (Å²) in [5.74, 6) is 2.52. The number of nitrogens with one attached hydrogen (secondary N) is 2. The van der Waals surface area contributed by atoms with Gasteiger partial charge in [-0.15, -0.1) is 24.0 Å². The predicted octanol–water partition coefficient (Wildman–Crippen LogP) is 3.72. The standard InChI is InChI=1S/C18H24FN3OS.HI/c1-24-13-11-22-18(21-10-8-17-6-3-12-23-17)20-9-7-15-4-2-5-16(19)14-15;/h2-6,12,14H,7-11,13H2,1H3,(H2,20,21,22);1H. The molecule has 0 aliphatic rings. The largest absolute Gasteiger partial charge is 0.469 e. The van der Waals surface area contributed by atoms with Crippen LogP contribution in [0.25, 0.3) is 0 Å². The highest BCUT2D eigenvalue weighted by Crippen LogP contribution is 2.03. The maximum Gasteiger partial charge on any atom is 0.191 e. The quantitative estimate of drug-likeness (QED) is 0.250. The van der Waals surface area contributed by atoms with Crippen LogP contribution >= 0.6 is 35.7 Å². The summed E-state index contributed by atoms with van der Waals surface area (Å²) in [5, 5.41) is 6.61. The van der Waals surface area contributed by atoms with Crippen LogP contribution in [0.5, 0.6) is 0 Å². The SMILES string of the molecule is CSCCN=C(NCCc1cccc(F)c1)NCCc1ccco1.I. The van der Waals surface area contributed by atoms with Crippen molar-refractivity contribution >= 4 is 41.7 Å². The molecule has 25 heavy (non-hydrogen) atoms. The smallest absolute Gasteiger partial charge is 0.191 e. The molecule has 0 aliphatic heterocycles. The first kappa shape index (κ1) is 21.8. The fraction of sp³-hybridized carbons (Fsp3) is 0.389. The lowest BCUT2D eigenvalue weighted by atomic mass is 10.1. The Bertz CT molecular complexity index is 623. The van der Waals surface area contributed by atoms with E-state index in [0.29, 0.717) is 6.54 Å². The first-order valence-electron chi connectivity index (χ1n) is 8.06. The lowest BCUT2D eigenvalue weighted by Gasteiger charge is -2.12. The van der Waals surface area contributed by atoms with Gasteiger partial charge < -0.3 is 15.1 Å². The average Bonchev–Trinajstić information content (AvgIpc) is 3.08. The van der Waals surface area contributed by atoms with Gasteiger partial charge in [-0.3, -0.25) is 4.99 Å². The summed E-state index contributed by atoms with van der Waals surface area (Å²) in [4.78, 5) is 4.55. The second-order valence-electron chi connectivity index (χ2n) is 5.29. The number of hydrogen-bond donors (Lipinski definition) is 2. The highest BCUT2D eigenvalue weighted by molar-refractivity contribution is 14.0. The zero-order valence-corrected chi connectivity index (χ0v) is 17.5. The van der Waals surface area contributed by atoms with Crippen molar-refractivity contribution in [2.45, 2.75) is 12.8 Å². The number of nitrogens with zero attached hydrogens (tertiary/aromatic N) is 1. The maximum absolute atomic E-state index is 13.2. The third-order valence-corrected chi connectivity index (χ3v) is 4.00. The number of aliphatic imine (C=N–C) groups is 1. The second kappa shape index (κ2) is 13.0. The lowest BCUT2D eigenvalue weighted by molar-refractivity contribution is 0.507. The summed E-state index contributed by atoms with van der Waals surface area (Å²) in [6.45, 7) is 2.21. The molecule has 7 heteroatoms. The summed E-state index contributed by atoms with van der Waals surface area (Å²) in [6, 6.07) is 10.5. The van der Waals surface area contributed by atoms with Crippen LogP contribution in [0.15, 0.2) is 52.1 Å². The monoisotopic (exact) mass is 477 g/mol. The van der Waals surface area contributed by atoms with Crippen LogP contribution in [0, 0.1) is 5.82 Å². The van der Waals surface area contributed by atoms with Gasteiger partial charge in [0.05, 0.1) is 12.8 Å². The molecule has 0 unspecified atom stereocenters. The molecule has 2 aromatic rings. The van der Waals surface area contributed by atoms with Crippen molar-refractivity contribution in [3.8, 4) is 0 Å². The van der Waals surface area contributed by atoms with Gasteiger partial charge in [0.1, 0.15) is 11.6 Å². The molecular weight excluding hydrogens is 452 g/mol. The van der Waals surface area contributed by atoms with E-state index in [-0.39, 0.29) is 29.8 Å². The number of benzene rings is 1. The molecule has 0 saturated carbocycles. The van der Waals surface area contributed by atoms with Crippen molar-refractivity contribution < 1.29 is 8.81 Å². The summed E-state index contributed by atoms with van der Waals surface area (Å²) < 4.78 is 18.5. The number of rotatable bonds is 9. The van der Waals surface area contributed by atoms with E-state index in [1.807, 2.05) is 18.2 Å². The molecule has 4 nitrogen and oxygen atoms in total. The minimum atomic E-state index is -0.196. The molecule has 2 rings (SSSR count). The molecule has 0 fully saturated rings. The van der Waals surface area contributed by atoms with Gasteiger partial charge in [0.2, 0.25) is 0 Å². The second-order valence-corrected chi connectivity index (χ2v) is 6.27. The number of thioether (sulfide) groups is 1. The summed E-state index contributed by atoms with van der Waals surface area (Å²) in [7, 11) is 0. The summed E-state index contributed by atoms with van der Waals surface area (Å²) >= 11 is 1.77. The van der Waals surface area contributed by atoms with Crippen molar-refractivity contribution in [2.24, 2.45) is 4.99 Å². The van der Waals surface area contributed by atoms with Crippen molar-refractivity contribution in [1.29, 1.82) is 0 Å². The van der Waals surface area contributed by atoms with Crippen LogP contribution in [0.3, 0.4) is 0 Å². The van der Waals surface area contributed by atoms with Crippen molar-refractivity contribution in [3.63, 3.8) is 0 Å². The van der Waals surface area contributed by atoms with E-state index in [9.17, 15) is 4.39 Å². The molecular formula is C18H25FIN3OS. The van der Waals surface area contributed by atoms with Gasteiger partial charge in [0.25, 0.3) is 0 Å². The van der Waals surface area contributed by atoms with Gasteiger partial charge in [0.15, 0.2) is 5.96 Å². The molecule has 0 aliphatic carbocycles. The van der Waals surface area contributed by atoms with Crippen molar-refractivity contribution in [1.82, 2.24) is 10.6 Å². The van der Waals surface area contributed by atoms with E-state index in [0.717, 1.165) is 49.0 Å². The Morgan fingerprint density at radius 2 is 1.96 bits per heavy atom. The fourth-order valence-corrected chi connectivity index (χ4v) is 2.47. The van der Waals surface area contributed by atoms with Gasteiger partial charge in [-0.1, -0.05) is 12.1 Å². The van der Waals surface area contributed by atoms with Gasteiger partial charge in [-0.25, -0.2) is 4.39 Å². The molecule has 2 N–H and O–H groups in total. The predicted molar refractivity (Wildman–Crippen MR) is 115 cm³/mol. The number of guanidine groups is 1. The van der Waals surface area contributed by atoms with Crippen molar-refractivity contribution in [3.05, 3.63) is 59.8 Å². The molecule has 0 saturated heterocycles. The average molecular weight is 477 g/mol. The van der Waals surface area contributed by atoms with E-state index >= 15 is 0 Å². The van der Waals surface area contributed by atoms with Gasteiger partial charge in [-0.2, -0.15) is 11.8 Å². The zero-order chi connectivity index (χ0) is 17.0. The van der Waals surface area contributed by atoms with Gasteiger partial charge in [0, 0.05) is 25.3 Å². The van der Waals surface area contributed by atoms with Gasteiger partial charge in [-0.05, 0) is 42.5 Å². The Hall–Kier alpha value is -1.22. The molecule has 138 valence electrons. The lowest BCUT2D eigenvalue weighted by Crippen LogP contribution is -2.39. The topological polar surface area (TPSA) is 49.6 Å². The normalized spacial score (nSPS) is 11.0. The summed E-state index contributed by atoms with van der Waals surface area (Å²) in [5.41, 5.74) is 0.974. The zero-order valence-electron chi connectivity index (χ0n) is 14.3. The Labute approximate surface area is 170 Å². The van der Waals surface area contributed by atoms with E-state index in [1.54, 1.807) is 30.2 Å². The van der Waals surface area contributed by atoms with Crippen molar-refractivity contribution in [2.75, 3.05) is 31.6 Å². The molecule has 1 heterocycles. The Kier molecular flexibility index (Phi) is 11.4. The first-order chi connectivity index (χ1) is 11.8. The highest BCUT2D eigenvalue weighted by Gasteiger charge is 2.01. The molecule has 0 amide bonds. The minimum absolute atomic E-state index is 0. The number of furan rings is 1. The third kappa shape index (κ3) is 9.15. The van der Waals surface area contributed by atoms with E-state index in [1.165, 1.54) is 6.07 Å². The molecule has 0 spiro atoms. The Balaban J connectivity index is 0.00000312. The molecule has 0 atom stereocenters. The van der Waals surface area contributed by atoms with Crippen LogP contribution in [-0.2, 0) is 12.8 Å². The van der Waals surface area contributed by atoms with Crippen LogP contribution in [0.2, 0.25) is 0 Å². The number of halogens is 2. The maximum atomic E-state index is 13.2. The van der Waals surface area contributed by atoms with E-state index in [4.69, 9.17) is 4.42 Å². The Morgan fingerprint density at radius 1 is 1.16 bits per heavy atom. The van der Waals surface area contributed by atoms with Crippen LogP contribution in [0.4, 0.5) is 4.39 Å². The summed E-state index contributed by atoms with van der Waals surface area (Å²) in [6.07, 6.45) is 5.30. The molecule has 1 aromatic heterocycles. The highest BCUT2D eigenvalue weighted by atomic mass is 127. The number of hydrogen-bond acceptors (Lipinski definition) is 3. The Morgan fingerprint density at radius 3 is 2.64 bits per heavy atom. The van der Waals surface area contributed by atoms with E-state index in [2.05, 4.69) is 21.9 Å². The van der Waals surface area contributed by atoms with Crippen LogP contribution in [0.1, 0.15) is 11.3 Å². The fourth-order valence-electron chi connectivity index (χ4n) is 2.20. The first-order valence-corrected chi connectivity index (χ1v) is 9.45. The van der Waals surface area contributed by atoms with Gasteiger partial charge >= 0.3 is 0 Å².